The number of piperazine rings is 1. The molecule has 1 fully saturated rings. The molecule has 2 aromatic rings. The van der Waals surface area contributed by atoms with Crippen molar-refractivity contribution < 1.29 is 9.59 Å². The molecule has 0 unspecified atom stereocenters. The maximum Gasteiger partial charge on any atom is 0.259 e. The molecule has 1 amide bonds. The van der Waals surface area contributed by atoms with Gasteiger partial charge in [0.25, 0.3) is 5.91 Å². The van der Waals surface area contributed by atoms with Gasteiger partial charge >= 0.3 is 0 Å². The Hall–Kier alpha value is -3.81. The van der Waals surface area contributed by atoms with E-state index in [4.69, 9.17) is 10.5 Å². The Bertz CT molecular complexity index is 1100. The van der Waals surface area contributed by atoms with Crippen LogP contribution in [0.4, 0.5) is 5.69 Å². The van der Waals surface area contributed by atoms with Crippen molar-refractivity contribution >= 4 is 29.8 Å². The number of nitrogens with zero attached hydrogens (tertiary/aromatic N) is 3. The van der Waals surface area contributed by atoms with E-state index in [1.54, 1.807) is 6.20 Å². The van der Waals surface area contributed by atoms with Crippen LogP contribution in [0.1, 0.15) is 51.7 Å². The van der Waals surface area contributed by atoms with Crippen LogP contribution in [-0.2, 0) is 9.59 Å². The van der Waals surface area contributed by atoms with Crippen LogP contribution < -0.4 is 11.1 Å². The van der Waals surface area contributed by atoms with Crippen molar-refractivity contribution in [3.8, 4) is 0 Å². The molecule has 0 aliphatic carbocycles. The molecule has 0 bridgehead atoms. The number of hydrogen-bond acceptors (Lipinski definition) is 5. The highest BCUT2D eigenvalue weighted by Crippen LogP contribution is 2.16. The van der Waals surface area contributed by atoms with Crippen LogP contribution in [-0.4, -0.2) is 68.1 Å². The van der Waals surface area contributed by atoms with Gasteiger partial charge in [0.2, 0.25) is 0 Å². The second kappa shape index (κ2) is 21.9. The number of rotatable bonds is 8. The Balaban J connectivity index is 0.000000950. The molecule has 0 atom stereocenters. The first kappa shape index (κ1) is 37.2. The molecule has 1 saturated heterocycles. The van der Waals surface area contributed by atoms with E-state index in [1.165, 1.54) is 44.7 Å². The molecule has 1 aliphatic rings. The van der Waals surface area contributed by atoms with Crippen molar-refractivity contribution in [2.45, 2.75) is 47.5 Å². The lowest BCUT2D eigenvalue weighted by atomic mass is 10.1. The Labute approximate surface area is 248 Å². The normalized spacial score (nSPS) is 14.6. The topological polar surface area (TPSA) is 91.0 Å². The fraction of sp³-hybridized carbons (Fsp3) is 0.382. The van der Waals surface area contributed by atoms with E-state index in [-0.39, 0.29) is 11.7 Å². The zero-order valence-electron chi connectivity index (χ0n) is 26.1. The van der Waals surface area contributed by atoms with E-state index in [2.05, 4.69) is 66.3 Å². The highest BCUT2D eigenvalue weighted by molar-refractivity contribution is 6.24. The van der Waals surface area contributed by atoms with Crippen LogP contribution in [0.5, 0.6) is 0 Å². The molecular formula is C34H51N5O2. The monoisotopic (exact) mass is 561 g/mol. The third-order valence-electron chi connectivity index (χ3n) is 6.51. The second-order valence-corrected chi connectivity index (χ2v) is 9.67. The van der Waals surface area contributed by atoms with E-state index >= 15 is 0 Å². The van der Waals surface area contributed by atoms with Crippen LogP contribution in [0.3, 0.4) is 0 Å². The zero-order chi connectivity index (χ0) is 31.2. The van der Waals surface area contributed by atoms with Gasteiger partial charge in [0.1, 0.15) is 12.6 Å². The third kappa shape index (κ3) is 14.4. The van der Waals surface area contributed by atoms with Gasteiger partial charge in [-0.25, -0.2) is 4.99 Å². The number of likely N-dealkylation sites (N-methyl/N-ethyl adjacent to an activating group) is 1. The molecule has 3 N–H and O–H groups in total. The highest BCUT2D eigenvalue weighted by atomic mass is 16.1. The number of aryl methyl sites for hydroxylation is 1. The van der Waals surface area contributed by atoms with Gasteiger partial charge in [0.05, 0.1) is 5.57 Å². The summed E-state index contributed by atoms with van der Waals surface area (Å²) in [6.07, 6.45) is 3.72. The molecule has 0 aromatic heterocycles. The summed E-state index contributed by atoms with van der Waals surface area (Å²) >= 11 is 0. The summed E-state index contributed by atoms with van der Waals surface area (Å²) in [5.41, 5.74) is 11.5. The first-order chi connectivity index (χ1) is 19.7. The van der Waals surface area contributed by atoms with E-state index in [1.807, 2.05) is 70.0 Å². The minimum atomic E-state index is -0.247. The number of para-hydroxylation sites is 1. The molecule has 0 saturated carbocycles. The average molecular weight is 562 g/mol. The van der Waals surface area contributed by atoms with Crippen molar-refractivity contribution in [1.82, 2.24) is 9.80 Å². The first-order valence-corrected chi connectivity index (χ1v) is 14.1. The van der Waals surface area contributed by atoms with E-state index in [0.717, 1.165) is 22.4 Å². The standard InChI is InChI=1S/C23H27N3O.C8H18N2.C2H4.CH2O/c1-5-17(3)21(23(27)26-20-9-7-6-8-10-20)22(24)25-15-18(4)19-13-11-16(2)12-14-19;1-3-4-10-7-5-9(2)6-8-10;2*1-2/h6-15H,5H2,1-4H3,(H2,24,25)(H,26,27);3-8H2,1-2H3;1-2H2;1H2/b18-15+,21-17-;;;. The summed E-state index contributed by atoms with van der Waals surface area (Å²) in [6, 6.07) is 17.5. The molecule has 1 aliphatic heterocycles. The van der Waals surface area contributed by atoms with Crippen LogP contribution in [0.25, 0.3) is 5.57 Å². The van der Waals surface area contributed by atoms with Crippen LogP contribution >= 0.6 is 0 Å². The number of benzene rings is 2. The molecule has 0 radical (unpaired) electrons. The summed E-state index contributed by atoms with van der Waals surface area (Å²) in [6.45, 7) is 24.5. The fourth-order valence-corrected chi connectivity index (χ4v) is 3.93. The van der Waals surface area contributed by atoms with Crippen LogP contribution in [0.2, 0.25) is 0 Å². The number of amidine groups is 1. The lowest BCUT2D eigenvalue weighted by Crippen LogP contribution is -2.44. The van der Waals surface area contributed by atoms with E-state index in [9.17, 15) is 4.79 Å². The van der Waals surface area contributed by atoms with Gasteiger partial charge in [0, 0.05) is 38.1 Å². The molecule has 0 spiro atoms. The quantitative estimate of drug-likeness (QED) is 0.170. The van der Waals surface area contributed by atoms with E-state index in [0.29, 0.717) is 12.0 Å². The number of carbonyl (C=O) groups is 2. The van der Waals surface area contributed by atoms with Gasteiger partial charge < -0.3 is 25.6 Å². The van der Waals surface area contributed by atoms with Crippen molar-refractivity contribution in [2.75, 3.05) is 45.1 Å². The molecule has 2 aromatic carbocycles. The van der Waals surface area contributed by atoms with Crippen LogP contribution in [0, 0.1) is 6.92 Å². The average Bonchev–Trinajstić information content (AvgIpc) is 3.00. The van der Waals surface area contributed by atoms with Crippen LogP contribution in [0.15, 0.2) is 90.1 Å². The predicted molar refractivity (Wildman–Crippen MR) is 177 cm³/mol. The molecule has 224 valence electrons. The molecule has 1 heterocycles. The van der Waals surface area contributed by atoms with Crippen molar-refractivity contribution in [1.29, 1.82) is 0 Å². The Morgan fingerprint density at radius 3 is 2.05 bits per heavy atom. The Morgan fingerprint density at radius 2 is 1.54 bits per heavy atom. The molecule has 7 heteroatoms. The summed E-state index contributed by atoms with van der Waals surface area (Å²) < 4.78 is 0. The van der Waals surface area contributed by atoms with Gasteiger partial charge in [-0.05, 0) is 70.5 Å². The number of carbonyl (C=O) groups excluding carboxylic acids is 2. The fourth-order valence-electron chi connectivity index (χ4n) is 3.93. The summed E-state index contributed by atoms with van der Waals surface area (Å²) in [5, 5.41) is 2.89. The molecule has 3 rings (SSSR count). The maximum atomic E-state index is 12.8. The van der Waals surface area contributed by atoms with Gasteiger partial charge in [-0.15, -0.1) is 13.2 Å². The lowest BCUT2D eigenvalue weighted by Gasteiger charge is -2.31. The number of hydrogen-bond donors (Lipinski definition) is 2. The van der Waals surface area contributed by atoms with E-state index < -0.39 is 0 Å². The molecule has 7 nitrogen and oxygen atoms in total. The lowest BCUT2D eigenvalue weighted by molar-refractivity contribution is -0.112. The number of nitrogens with one attached hydrogen (secondary N) is 1. The SMILES string of the molecule is C=C.C=O.CC/C(C)=C(C(=O)Nc1ccccc1)/C(N)=N/C=C(\C)c1ccc(C)cc1.CCCN1CCN(C)CC1. The van der Waals surface area contributed by atoms with Crippen molar-refractivity contribution in [2.24, 2.45) is 10.7 Å². The van der Waals surface area contributed by atoms with Crippen molar-refractivity contribution in [3.63, 3.8) is 0 Å². The number of amides is 1. The van der Waals surface area contributed by atoms with Gasteiger partial charge in [-0.1, -0.05) is 67.4 Å². The van der Waals surface area contributed by atoms with Gasteiger partial charge in [0.15, 0.2) is 0 Å². The summed E-state index contributed by atoms with van der Waals surface area (Å²) in [4.78, 5) is 30.1. The molecular weight excluding hydrogens is 510 g/mol. The van der Waals surface area contributed by atoms with Gasteiger partial charge in [-0.3, -0.25) is 4.79 Å². The Morgan fingerprint density at radius 1 is 0.976 bits per heavy atom. The number of anilines is 1. The summed E-state index contributed by atoms with van der Waals surface area (Å²) in [7, 11) is 2.20. The third-order valence-corrected chi connectivity index (χ3v) is 6.51. The second-order valence-electron chi connectivity index (χ2n) is 9.67. The zero-order valence-corrected chi connectivity index (χ0v) is 26.1. The summed E-state index contributed by atoms with van der Waals surface area (Å²) in [5.74, 6) is -0.0302. The first-order valence-electron chi connectivity index (χ1n) is 14.1. The van der Waals surface area contributed by atoms with Gasteiger partial charge in [-0.2, -0.15) is 0 Å². The number of nitrogens with two attached hydrogens (primary N) is 1. The Kier molecular flexibility index (Phi) is 19.9. The minimum Gasteiger partial charge on any atom is -0.383 e. The largest absolute Gasteiger partial charge is 0.383 e. The highest BCUT2D eigenvalue weighted by Gasteiger charge is 2.16. The number of allylic oxidation sites excluding steroid dienone is 2. The predicted octanol–water partition coefficient (Wildman–Crippen LogP) is 6.34. The van der Waals surface area contributed by atoms with Crippen molar-refractivity contribution in [3.05, 3.63) is 96.2 Å². The maximum absolute atomic E-state index is 12.8. The smallest absolute Gasteiger partial charge is 0.259 e. The number of aliphatic imine (C=N–C) groups is 1. The molecule has 41 heavy (non-hydrogen) atoms. The minimum absolute atomic E-state index is 0.217.